The molecule has 0 heterocycles. The van der Waals surface area contributed by atoms with E-state index >= 15 is 0 Å². The van der Waals surface area contributed by atoms with Crippen LogP contribution in [0.25, 0.3) is 0 Å². The lowest BCUT2D eigenvalue weighted by Crippen LogP contribution is -2.31. The molecule has 1 aromatic rings. The van der Waals surface area contributed by atoms with Gasteiger partial charge in [-0.05, 0) is 29.9 Å². The molecule has 1 aliphatic rings. The Bertz CT molecular complexity index is 494. The van der Waals surface area contributed by atoms with Gasteiger partial charge in [0.1, 0.15) is 5.41 Å². The molecule has 1 N–H and O–H groups in total. The standard InChI is InChI=1S/C14H16N2/c1-10(16)14(9-15)8-13(2,3)11-6-4-5-7-12(11)14/h4-7,16H,8H2,1-3H3. The molecule has 1 atom stereocenters. The van der Waals surface area contributed by atoms with Crippen LogP contribution in [-0.2, 0) is 10.8 Å². The lowest BCUT2D eigenvalue weighted by atomic mass is 9.76. The Morgan fingerprint density at radius 1 is 1.31 bits per heavy atom. The summed E-state index contributed by atoms with van der Waals surface area (Å²) < 4.78 is 0. The van der Waals surface area contributed by atoms with Crippen molar-refractivity contribution < 1.29 is 0 Å². The number of nitriles is 1. The minimum absolute atomic E-state index is 0.0192. The van der Waals surface area contributed by atoms with E-state index in [1.807, 2.05) is 18.2 Å². The molecule has 0 saturated heterocycles. The van der Waals surface area contributed by atoms with Crippen LogP contribution < -0.4 is 0 Å². The Hall–Kier alpha value is -1.62. The van der Waals surface area contributed by atoms with Crippen LogP contribution >= 0.6 is 0 Å². The molecule has 82 valence electrons. The molecule has 1 aromatic carbocycles. The molecule has 0 amide bonds. The van der Waals surface area contributed by atoms with Crippen molar-refractivity contribution in [2.24, 2.45) is 0 Å². The van der Waals surface area contributed by atoms with E-state index in [4.69, 9.17) is 5.41 Å². The van der Waals surface area contributed by atoms with Gasteiger partial charge in [0.05, 0.1) is 6.07 Å². The number of fused-ring (bicyclic) bond motifs is 1. The van der Waals surface area contributed by atoms with E-state index in [0.29, 0.717) is 12.1 Å². The highest BCUT2D eigenvalue weighted by Crippen LogP contribution is 2.49. The van der Waals surface area contributed by atoms with Crippen molar-refractivity contribution in [1.82, 2.24) is 0 Å². The van der Waals surface area contributed by atoms with E-state index < -0.39 is 5.41 Å². The molecule has 16 heavy (non-hydrogen) atoms. The van der Waals surface area contributed by atoms with Crippen LogP contribution in [-0.4, -0.2) is 5.71 Å². The number of nitrogens with zero attached hydrogens (tertiary/aromatic N) is 1. The molecule has 2 heteroatoms. The molecule has 0 bridgehead atoms. The molecule has 0 radical (unpaired) electrons. The fourth-order valence-corrected chi connectivity index (χ4v) is 2.82. The SMILES string of the molecule is CC(=N)C1(C#N)CC(C)(C)c2ccccc21. The molecule has 0 spiro atoms. The van der Waals surface area contributed by atoms with Crippen molar-refractivity contribution in [2.45, 2.75) is 38.0 Å². The summed E-state index contributed by atoms with van der Waals surface area (Å²) in [4.78, 5) is 0. The average molecular weight is 212 g/mol. The molecular weight excluding hydrogens is 196 g/mol. The van der Waals surface area contributed by atoms with E-state index in [0.717, 1.165) is 5.56 Å². The van der Waals surface area contributed by atoms with Crippen LogP contribution in [0, 0.1) is 16.7 Å². The summed E-state index contributed by atoms with van der Waals surface area (Å²) >= 11 is 0. The maximum Gasteiger partial charge on any atom is 0.120 e. The summed E-state index contributed by atoms with van der Waals surface area (Å²) in [5.74, 6) is 0. The van der Waals surface area contributed by atoms with Crippen LogP contribution in [0.3, 0.4) is 0 Å². The second-order valence-corrected chi connectivity index (χ2v) is 5.25. The predicted octanol–water partition coefficient (Wildman–Crippen LogP) is 3.17. The Labute approximate surface area is 96.4 Å². The van der Waals surface area contributed by atoms with E-state index in [9.17, 15) is 5.26 Å². The smallest absolute Gasteiger partial charge is 0.120 e. The van der Waals surface area contributed by atoms with Crippen LogP contribution in [0.1, 0.15) is 38.3 Å². The Morgan fingerprint density at radius 2 is 1.88 bits per heavy atom. The van der Waals surface area contributed by atoms with Crippen molar-refractivity contribution >= 4 is 5.71 Å². The normalized spacial score (nSPS) is 25.9. The first kappa shape index (κ1) is 10.9. The number of rotatable bonds is 1. The van der Waals surface area contributed by atoms with Crippen LogP contribution in [0.15, 0.2) is 24.3 Å². The largest absolute Gasteiger partial charge is 0.308 e. The second-order valence-electron chi connectivity index (χ2n) is 5.25. The molecule has 2 nitrogen and oxygen atoms in total. The van der Waals surface area contributed by atoms with Crippen molar-refractivity contribution in [3.63, 3.8) is 0 Å². The first-order valence-electron chi connectivity index (χ1n) is 5.51. The summed E-state index contributed by atoms with van der Waals surface area (Å²) in [7, 11) is 0. The molecule has 1 aliphatic carbocycles. The van der Waals surface area contributed by atoms with Crippen molar-refractivity contribution in [3.8, 4) is 6.07 Å². The summed E-state index contributed by atoms with van der Waals surface area (Å²) in [5, 5.41) is 17.4. The monoisotopic (exact) mass is 212 g/mol. The van der Waals surface area contributed by atoms with Gasteiger partial charge < -0.3 is 5.41 Å². The number of hydrogen-bond donors (Lipinski definition) is 1. The quantitative estimate of drug-likeness (QED) is 0.714. The zero-order valence-electron chi connectivity index (χ0n) is 9.96. The van der Waals surface area contributed by atoms with Crippen molar-refractivity contribution in [2.75, 3.05) is 0 Å². The van der Waals surface area contributed by atoms with Gasteiger partial charge in [0.15, 0.2) is 0 Å². The Balaban J connectivity index is 2.74. The highest BCUT2D eigenvalue weighted by molar-refractivity contribution is 5.95. The van der Waals surface area contributed by atoms with Gasteiger partial charge in [0, 0.05) is 5.71 Å². The highest BCUT2D eigenvalue weighted by atomic mass is 14.6. The summed E-state index contributed by atoms with van der Waals surface area (Å²) in [5.41, 5.74) is 1.96. The zero-order chi connectivity index (χ0) is 12.0. The molecule has 0 aliphatic heterocycles. The molecule has 0 saturated carbocycles. The first-order valence-corrected chi connectivity index (χ1v) is 5.51. The topological polar surface area (TPSA) is 47.6 Å². The van der Waals surface area contributed by atoms with Crippen molar-refractivity contribution in [1.29, 1.82) is 10.7 Å². The van der Waals surface area contributed by atoms with E-state index in [1.54, 1.807) is 6.92 Å². The van der Waals surface area contributed by atoms with Gasteiger partial charge >= 0.3 is 0 Å². The maximum atomic E-state index is 9.48. The van der Waals surface area contributed by atoms with E-state index in [-0.39, 0.29) is 5.41 Å². The van der Waals surface area contributed by atoms with E-state index in [1.165, 1.54) is 5.56 Å². The number of benzene rings is 1. The first-order chi connectivity index (χ1) is 7.44. The lowest BCUT2D eigenvalue weighted by molar-refractivity contribution is 0.476. The Kier molecular flexibility index (Phi) is 2.17. The third-order valence-electron chi connectivity index (χ3n) is 3.65. The summed E-state index contributed by atoms with van der Waals surface area (Å²) in [6.45, 7) is 6.03. The number of hydrogen-bond acceptors (Lipinski definition) is 2. The molecule has 2 rings (SSSR count). The summed E-state index contributed by atoms with van der Waals surface area (Å²) in [6.07, 6.45) is 0.713. The van der Waals surface area contributed by atoms with Gasteiger partial charge in [-0.25, -0.2) is 0 Å². The van der Waals surface area contributed by atoms with Gasteiger partial charge in [0.25, 0.3) is 0 Å². The minimum Gasteiger partial charge on any atom is -0.308 e. The average Bonchev–Trinajstić information content (AvgIpc) is 2.49. The number of nitrogens with one attached hydrogen (secondary N) is 1. The van der Waals surface area contributed by atoms with Crippen molar-refractivity contribution in [3.05, 3.63) is 35.4 Å². The molecular formula is C14H16N2. The minimum atomic E-state index is -0.708. The highest BCUT2D eigenvalue weighted by Gasteiger charge is 2.49. The van der Waals surface area contributed by atoms with Gasteiger partial charge in [-0.3, -0.25) is 0 Å². The van der Waals surface area contributed by atoms with Gasteiger partial charge in [-0.1, -0.05) is 38.1 Å². The van der Waals surface area contributed by atoms with Gasteiger partial charge in [-0.15, -0.1) is 0 Å². The van der Waals surface area contributed by atoms with Crippen LogP contribution in [0.4, 0.5) is 0 Å². The second kappa shape index (κ2) is 3.18. The predicted molar refractivity (Wildman–Crippen MR) is 64.8 cm³/mol. The Morgan fingerprint density at radius 3 is 2.38 bits per heavy atom. The third-order valence-corrected chi connectivity index (χ3v) is 3.65. The van der Waals surface area contributed by atoms with Crippen LogP contribution in [0.2, 0.25) is 0 Å². The fourth-order valence-electron chi connectivity index (χ4n) is 2.82. The molecule has 0 aromatic heterocycles. The molecule has 1 unspecified atom stereocenters. The van der Waals surface area contributed by atoms with E-state index in [2.05, 4.69) is 26.0 Å². The maximum absolute atomic E-state index is 9.48. The summed E-state index contributed by atoms with van der Waals surface area (Å²) in [6, 6.07) is 10.4. The molecule has 0 fully saturated rings. The zero-order valence-corrected chi connectivity index (χ0v) is 9.96. The third kappa shape index (κ3) is 1.21. The lowest BCUT2D eigenvalue weighted by Gasteiger charge is -2.23. The fraction of sp³-hybridized carbons (Fsp3) is 0.429. The van der Waals surface area contributed by atoms with Gasteiger partial charge in [-0.2, -0.15) is 5.26 Å². The van der Waals surface area contributed by atoms with Gasteiger partial charge in [0.2, 0.25) is 0 Å². The van der Waals surface area contributed by atoms with Crippen LogP contribution in [0.5, 0.6) is 0 Å².